The Kier molecular flexibility index (Phi) is 4.84. The number of likely N-dealkylation sites (N-methyl/N-ethyl adjacent to an activating group) is 1. The summed E-state index contributed by atoms with van der Waals surface area (Å²) in [5, 5.41) is 2.60. The van der Waals surface area contributed by atoms with E-state index in [0.717, 1.165) is 12.1 Å². The zero-order valence-corrected chi connectivity index (χ0v) is 13.6. The SMILES string of the molecule is CNC(=O)[C@H]1CN(C(=O)CCC2CCCC2)c2ccccc2O1. The molecule has 1 saturated carbocycles. The number of fused-ring (bicyclic) bond motifs is 1. The fraction of sp³-hybridized carbons (Fsp3) is 0.556. The van der Waals surface area contributed by atoms with Crippen molar-refractivity contribution in [3.8, 4) is 5.75 Å². The Hall–Kier alpha value is -2.04. The standard InChI is InChI=1S/C18H24N2O3/c1-19-18(22)16-12-20(14-8-4-5-9-15(14)23-16)17(21)11-10-13-6-2-3-7-13/h4-5,8-9,13,16H,2-3,6-7,10-12H2,1H3,(H,19,22)/t16-/m1/s1. The van der Waals surface area contributed by atoms with Gasteiger partial charge in [-0.25, -0.2) is 0 Å². The lowest BCUT2D eigenvalue weighted by Crippen LogP contribution is -2.50. The number of nitrogens with zero attached hydrogens (tertiary/aromatic N) is 1. The van der Waals surface area contributed by atoms with Crippen molar-refractivity contribution in [1.82, 2.24) is 5.32 Å². The summed E-state index contributed by atoms with van der Waals surface area (Å²) in [5.74, 6) is 1.17. The number of amides is 2. The molecule has 1 fully saturated rings. The second-order valence-corrected chi connectivity index (χ2v) is 6.38. The highest BCUT2D eigenvalue weighted by molar-refractivity contribution is 5.97. The molecule has 1 aromatic carbocycles. The van der Waals surface area contributed by atoms with Gasteiger partial charge in [-0.05, 0) is 24.5 Å². The first kappa shape index (κ1) is 15.8. The minimum atomic E-state index is -0.648. The molecule has 0 unspecified atom stereocenters. The van der Waals surface area contributed by atoms with Crippen LogP contribution in [0.5, 0.6) is 5.75 Å². The summed E-state index contributed by atoms with van der Waals surface area (Å²) in [6, 6.07) is 7.43. The fourth-order valence-electron chi connectivity index (χ4n) is 3.53. The molecule has 0 aromatic heterocycles. The van der Waals surface area contributed by atoms with E-state index in [-0.39, 0.29) is 18.4 Å². The van der Waals surface area contributed by atoms with Crippen molar-refractivity contribution in [2.45, 2.75) is 44.6 Å². The average molecular weight is 316 g/mol. The van der Waals surface area contributed by atoms with E-state index >= 15 is 0 Å². The number of ether oxygens (including phenoxy) is 1. The van der Waals surface area contributed by atoms with Crippen LogP contribution in [0.1, 0.15) is 38.5 Å². The van der Waals surface area contributed by atoms with Crippen molar-refractivity contribution in [2.75, 3.05) is 18.5 Å². The molecule has 5 nitrogen and oxygen atoms in total. The summed E-state index contributed by atoms with van der Waals surface area (Å²) in [6.07, 6.45) is 5.91. The number of hydrogen-bond acceptors (Lipinski definition) is 3. The Morgan fingerprint density at radius 3 is 2.74 bits per heavy atom. The number of nitrogens with one attached hydrogen (secondary N) is 1. The lowest BCUT2D eigenvalue weighted by atomic mass is 10.0. The average Bonchev–Trinajstić information content (AvgIpc) is 3.11. The molecule has 0 bridgehead atoms. The quantitative estimate of drug-likeness (QED) is 0.928. The Balaban J connectivity index is 1.73. The summed E-state index contributed by atoms with van der Waals surface area (Å²) < 4.78 is 5.74. The Labute approximate surface area is 137 Å². The molecule has 1 aliphatic carbocycles. The summed E-state index contributed by atoms with van der Waals surface area (Å²) >= 11 is 0. The van der Waals surface area contributed by atoms with E-state index in [1.807, 2.05) is 24.3 Å². The third-order valence-corrected chi connectivity index (χ3v) is 4.85. The second kappa shape index (κ2) is 7.02. The minimum Gasteiger partial charge on any atom is -0.477 e. The lowest BCUT2D eigenvalue weighted by Gasteiger charge is -2.34. The smallest absolute Gasteiger partial charge is 0.262 e. The van der Waals surface area contributed by atoms with Gasteiger partial charge >= 0.3 is 0 Å². The van der Waals surface area contributed by atoms with Crippen LogP contribution in [0.25, 0.3) is 0 Å². The molecule has 1 aliphatic heterocycles. The molecule has 5 heteroatoms. The summed E-state index contributed by atoms with van der Waals surface area (Å²) in [4.78, 5) is 26.4. The van der Waals surface area contributed by atoms with E-state index in [2.05, 4.69) is 5.32 Å². The van der Waals surface area contributed by atoms with E-state index < -0.39 is 6.10 Å². The van der Waals surface area contributed by atoms with Crippen LogP contribution in [0.3, 0.4) is 0 Å². The first-order valence-electron chi connectivity index (χ1n) is 8.46. The maximum atomic E-state index is 12.7. The van der Waals surface area contributed by atoms with Gasteiger partial charge in [-0.1, -0.05) is 37.8 Å². The van der Waals surface area contributed by atoms with Gasteiger partial charge in [-0.15, -0.1) is 0 Å². The van der Waals surface area contributed by atoms with Gasteiger partial charge in [0.1, 0.15) is 5.75 Å². The Morgan fingerprint density at radius 2 is 2.00 bits per heavy atom. The molecule has 1 aromatic rings. The van der Waals surface area contributed by atoms with Gasteiger partial charge in [-0.2, -0.15) is 0 Å². The van der Waals surface area contributed by atoms with Crippen molar-refractivity contribution in [3.05, 3.63) is 24.3 Å². The molecular weight excluding hydrogens is 292 g/mol. The van der Waals surface area contributed by atoms with Crippen LogP contribution in [-0.4, -0.2) is 31.5 Å². The largest absolute Gasteiger partial charge is 0.477 e. The van der Waals surface area contributed by atoms with E-state index in [4.69, 9.17) is 4.74 Å². The molecule has 0 spiro atoms. The zero-order valence-electron chi connectivity index (χ0n) is 13.6. The maximum absolute atomic E-state index is 12.7. The number of benzene rings is 1. The molecule has 2 amide bonds. The van der Waals surface area contributed by atoms with Crippen molar-refractivity contribution < 1.29 is 14.3 Å². The van der Waals surface area contributed by atoms with Crippen LogP contribution in [0, 0.1) is 5.92 Å². The first-order valence-corrected chi connectivity index (χ1v) is 8.46. The first-order chi connectivity index (χ1) is 11.2. The molecule has 1 heterocycles. The van der Waals surface area contributed by atoms with Crippen LogP contribution in [0.15, 0.2) is 24.3 Å². The number of hydrogen-bond donors (Lipinski definition) is 1. The second-order valence-electron chi connectivity index (χ2n) is 6.38. The third-order valence-electron chi connectivity index (χ3n) is 4.85. The van der Waals surface area contributed by atoms with E-state index in [1.54, 1.807) is 11.9 Å². The molecule has 3 rings (SSSR count). The molecule has 0 saturated heterocycles. The number of anilines is 1. The lowest BCUT2D eigenvalue weighted by molar-refractivity contribution is -0.128. The van der Waals surface area contributed by atoms with E-state index in [0.29, 0.717) is 18.1 Å². The summed E-state index contributed by atoms with van der Waals surface area (Å²) in [5.41, 5.74) is 0.768. The predicted octanol–water partition coefficient (Wildman–Crippen LogP) is 2.50. The molecule has 23 heavy (non-hydrogen) atoms. The van der Waals surface area contributed by atoms with Crippen molar-refractivity contribution in [1.29, 1.82) is 0 Å². The van der Waals surface area contributed by atoms with Gasteiger partial charge in [0, 0.05) is 13.5 Å². The van der Waals surface area contributed by atoms with Crippen molar-refractivity contribution in [3.63, 3.8) is 0 Å². The van der Waals surface area contributed by atoms with E-state index in [9.17, 15) is 9.59 Å². The number of para-hydroxylation sites is 2. The van der Waals surface area contributed by atoms with Gasteiger partial charge < -0.3 is 15.0 Å². The van der Waals surface area contributed by atoms with Crippen LogP contribution in [0.4, 0.5) is 5.69 Å². The minimum absolute atomic E-state index is 0.0848. The number of rotatable bonds is 4. The fourth-order valence-corrected chi connectivity index (χ4v) is 3.53. The van der Waals surface area contributed by atoms with Gasteiger partial charge in [0.2, 0.25) is 5.91 Å². The molecule has 124 valence electrons. The molecule has 1 N–H and O–H groups in total. The van der Waals surface area contributed by atoms with Crippen LogP contribution in [0.2, 0.25) is 0 Å². The van der Waals surface area contributed by atoms with Gasteiger partial charge in [-0.3, -0.25) is 9.59 Å². The molecule has 1 atom stereocenters. The summed E-state index contributed by atoms with van der Waals surface area (Å²) in [6.45, 7) is 0.278. The van der Waals surface area contributed by atoms with Crippen molar-refractivity contribution >= 4 is 17.5 Å². The highest BCUT2D eigenvalue weighted by Crippen LogP contribution is 2.34. The maximum Gasteiger partial charge on any atom is 0.262 e. The highest BCUT2D eigenvalue weighted by Gasteiger charge is 2.33. The molecule has 2 aliphatic rings. The number of carbonyl (C=O) groups is 2. The normalized spacial score (nSPS) is 20.7. The van der Waals surface area contributed by atoms with E-state index in [1.165, 1.54) is 25.7 Å². The third kappa shape index (κ3) is 3.49. The van der Waals surface area contributed by atoms with Crippen LogP contribution < -0.4 is 15.0 Å². The van der Waals surface area contributed by atoms with Crippen LogP contribution in [-0.2, 0) is 9.59 Å². The zero-order chi connectivity index (χ0) is 16.2. The molecular formula is C18H24N2O3. The Bertz CT molecular complexity index is 581. The van der Waals surface area contributed by atoms with Crippen LogP contribution >= 0.6 is 0 Å². The van der Waals surface area contributed by atoms with Gasteiger partial charge in [0.25, 0.3) is 5.91 Å². The van der Waals surface area contributed by atoms with Gasteiger partial charge in [0.15, 0.2) is 6.10 Å². The monoisotopic (exact) mass is 316 g/mol. The molecule has 0 radical (unpaired) electrons. The Morgan fingerprint density at radius 1 is 1.26 bits per heavy atom. The predicted molar refractivity (Wildman–Crippen MR) is 88.5 cm³/mol. The van der Waals surface area contributed by atoms with Gasteiger partial charge in [0.05, 0.1) is 12.2 Å². The number of carbonyl (C=O) groups excluding carboxylic acids is 2. The highest BCUT2D eigenvalue weighted by atomic mass is 16.5. The van der Waals surface area contributed by atoms with Crippen molar-refractivity contribution in [2.24, 2.45) is 5.92 Å². The topological polar surface area (TPSA) is 58.6 Å². The summed E-state index contributed by atoms with van der Waals surface area (Å²) in [7, 11) is 1.58.